The Morgan fingerprint density at radius 1 is 1.79 bits per heavy atom. The van der Waals surface area contributed by atoms with Gasteiger partial charge in [0.25, 0.3) is 0 Å². The molecule has 0 saturated carbocycles. The van der Waals surface area contributed by atoms with Crippen LogP contribution in [0.2, 0.25) is 0 Å². The number of pyridine rings is 1. The highest BCUT2D eigenvalue weighted by molar-refractivity contribution is 14.1. The smallest absolute Gasteiger partial charge is 0.411 e. The summed E-state index contributed by atoms with van der Waals surface area (Å²) in [6, 6.07) is 1.72. The first-order chi connectivity index (χ1) is 6.63. The van der Waals surface area contributed by atoms with Crippen LogP contribution < -0.4 is 11.1 Å². The molecule has 0 aromatic carbocycles. The zero-order chi connectivity index (χ0) is 10.6. The molecule has 14 heavy (non-hydrogen) atoms. The van der Waals surface area contributed by atoms with Gasteiger partial charge in [-0.05, 0) is 35.6 Å². The van der Waals surface area contributed by atoms with Crippen LogP contribution in [0.1, 0.15) is 6.92 Å². The lowest BCUT2D eigenvalue weighted by atomic mass is 10.4. The fourth-order valence-corrected chi connectivity index (χ4v) is 1.28. The van der Waals surface area contributed by atoms with E-state index in [4.69, 9.17) is 10.5 Å². The SMILES string of the molecule is CCOC(=O)Nc1cc(I)cnc1N. The maximum Gasteiger partial charge on any atom is 0.411 e. The maximum atomic E-state index is 11.1. The van der Waals surface area contributed by atoms with Gasteiger partial charge in [0.05, 0.1) is 12.3 Å². The topological polar surface area (TPSA) is 77.2 Å². The van der Waals surface area contributed by atoms with Crippen molar-refractivity contribution in [1.82, 2.24) is 4.98 Å². The standard InChI is InChI=1S/C8H10IN3O2/c1-2-14-8(13)12-6-3-5(9)4-11-7(6)10/h3-4H,2H2,1H3,(H2,10,11)(H,12,13). The molecule has 5 nitrogen and oxygen atoms in total. The van der Waals surface area contributed by atoms with Crippen LogP contribution in [0.5, 0.6) is 0 Å². The molecular formula is C8H10IN3O2. The predicted octanol–water partition coefficient (Wildman–Crippen LogP) is 1.84. The van der Waals surface area contributed by atoms with Crippen LogP contribution in [0.15, 0.2) is 12.3 Å². The summed E-state index contributed by atoms with van der Waals surface area (Å²) in [7, 11) is 0. The number of nitrogens with one attached hydrogen (secondary N) is 1. The van der Waals surface area contributed by atoms with Crippen molar-refractivity contribution in [3.05, 3.63) is 15.8 Å². The van der Waals surface area contributed by atoms with Gasteiger partial charge in [0.15, 0.2) is 0 Å². The Balaban J connectivity index is 2.75. The summed E-state index contributed by atoms with van der Waals surface area (Å²) in [5, 5.41) is 2.50. The molecule has 0 aliphatic heterocycles. The van der Waals surface area contributed by atoms with E-state index in [9.17, 15) is 4.79 Å². The quantitative estimate of drug-likeness (QED) is 0.817. The minimum atomic E-state index is -0.525. The van der Waals surface area contributed by atoms with E-state index in [-0.39, 0.29) is 5.82 Å². The molecular weight excluding hydrogens is 297 g/mol. The molecule has 0 fully saturated rings. The second-order valence-electron chi connectivity index (χ2n) is 2.43. The van der Waals surface area contributed by atoms with Crippen molar-refractivity contribution >= 4 is 40.2 Å². The number of hydrogen-bond acceptors (Lipinski definition) is 4. The number of carbonyl (C=O) groups excluding carboxylic acids is 1. The minimum absolute atomic E-state index is 0.276. The number of nitrogen functional groups attached to an aromatic ring is 1. The van der Waals surface area contributed by atoms with Crippen molar-refractivity contribution in [2.75, 3.05) is 17.7 Å². The van der Waals surface area contributed by atoms with E-state index in [1.807, 2.05) is 0 Å². The van der Waals surface area contributed by atoms with Gasteiger partial charge < -0.3 is 10.5 Å². The van der Waals surface area contributed by atoms with Gasteiger partial charge >= 0.3 is 6.09 Å². The van der Waals surface area contributed by atoms with E-state index in [1.54, 1.807) is 19.2 Å². The van der Waals surface area contributed by atoms with Gasteiger partial charge in [-0.3, -0.25) is 5.32 Å². The molecule has 1 rings (SSSR count). The van der Waals surface area contributed by atoms with Crippen LogP contribution in [0.4, 0.5) is 16.3 Å². The number of nitrogens with zero attached hydrogens (tertiary/aromatic N) is 1. The van der Waals surface area contributed by atoms with E-state index in [0.29, 0.717) is 12.3 Å². The zero-order valence-electron chi connectivity index (χ0n) is 7.58. The lowest BCUT2D eigenvalue weighted by Gasteiger charge is -2.07. The highest BCUT2D eigenvalue weighted by atomic mass is 127. The molecule has 1 heterocycles. The number of hydrogen-bond donors (Lipinski definition) is 2. The molecule has 3 N–H and O–H groups in total. The number of rotatable bonds is 2. The molecule has 0 unspecified atom stereocenters. The average molecular weight is 307 g/mol. The first kappa shape index (κ1) is 11.0. The molecule has 0 spiro atoms. The third kappa shape index (κ3) is 3.02. The fourth-order valence-electron chi connectivity index (χ4n) is 0.827. The summed E-state index contributed by atoms with van der Waals surface area (Å²) in [6.45, 7) is 2.05. The van der Waals surface area contributed by atoms with Crippen LogP contribution in [0.3, 0.4) is 0 Å². The molecule has 1 aromatic heterocycles. The molecule has 0 bridgehead atoms. The number of halogens is 1. The van der Waals surface area contributed by atoms with Gasteiger partial charge in [-0.2, -0.15) is 0 Å². The molecule has 1 aromatic rings. The van der Waals surface area contributed by atoms with Gasteiger partial charge in [-0.1, -0.05) is 0 Å². The Bertz CT molecular complexity index is 343. The van der Waals surface area contributed by atoms with E-state index in [1.165, 1.54) is 0 Å². The lowest BCUT2D eigenvalue weighted by molar-refractivity contribution is 0.168. The largest absolute Gasteiger partial charge is 0.450 e. The lowest BCUT2D eigenvalue weighted by Crippen LogP contribution is -2.15. The normalized spacial score (nSPS) is 9.57. The number of amides is 1. The van der Waals surface area contributed by atoms with Crippen molar-refractivity contribution in [2.24, 2.45) is 0 Å². The molecule has 0 radical (unpaired) electrons. The number of nitrogens with two attached hydrogens (primary N) is 1. The highest BCUT2D eigenvalue weighted by Crippen LogP contribution is 2.18. The van der Waals surface area contributed by atoms with Crippen molar-refractivity contribution in [3.8, 4) is 0 Å². The van der Waals surface area contributed by atoms with Gasteiger partial charge in [0, 0.05) is 9.77 Å². The highest BCUT2D eigenvalue weighted by Gasteiger charge is 2.06. The summed E-state index contributed by atoms with van der Waals surface area (Å²) < 4.78 is 5.60. The van der Waals surface area contributed by atoms with Crippen molar-refractivity contribution in [2.45, 2.75) is 6.92 Å². The first-order valence-corrected chi connectivity index (χ1v) is 5.06. The summed E-state index contributed by atoms with van der Waals surface area (Å²) in [4.78, 5) is 14.9. The van der Waals surface area contributed by atoms with Crippen LogP contribution in [-0.2, 0) is 4.74 Å². The number of aromatic nitrogens is 1. The Morgan fingerprint density at radius 3 is 3.14 bits per heavy atom. The molecule has 0 aliphatic carbocycles. The summed E-state index contributed by atoms with van der Waals surface area (Å²) in [5.41, 5.74) is 6.02. The Kier molecular flexibility index (Phi) is 3.93. The molecule has 76 valence electrons. The molecule has 0 saturated heterocycles. The van der Waals surface area contributed by atoms with E-state index < -0.39 is 6.09 Å². The number of anilines is 2. The van der Waals surface area contributed by atoms with Crippen LogP contribution in [-0.4, -0.2) is 17.7 Å². The van der Waals surface area contributed by atoms with Gasteiger partial charge in [0.2, 0.25) is 0 Å². The second kappa shape index (κ2) is 4.99. The fraction of sp³-hybridized carbons (Fsp3) is 0.250. The molecule has 0 atom stereocenters. The zero-order valence-corrected chi connectivity index (χ0v) is 9.74. The first-order valence-electron chi connectivity index (χ1n) is 3.98. The van der Waals surface area contributed by atoms with E-state index in [2.05, 4.69) is 32.9 Å². The average Bonchev–Trinajstić information content (AvgIpc) is 2.12. The van der Waals surface area contributed by atoms with E-state index >= 15 is 0 Å². The Labute approximate surface area is 95.2 Å². The third-order valence-electron chi connectivity index (χ3n) is 1.40. The summed E-state index contributed by atoms with van der Waals surface area (Å²) in [5.74, 6) is 0.276. The van der Waals surface area contributed by atoms with Crippen LogP contribution in [0.25, 0.3) is 0 Å². The maximum absolute atomic E-state index is 11.1. The van der Waals surface area contributed by atoms with Crippen molar-refractivity contribution in [1.29, 1.82) is 0 Å². The molecule has 6 heteroatoms. The molecule has 1 amide bonds. The second-order valence-corrected chi connectivity index (χ2v) is 3.68. The summed E-state index contributed by atoms with van der Waals surface area (Å²) >= 11 is 2.08. The van der Waals surface area contributed by atoms with Crippen LogP contribution in [0, 0.1) is 3.57 Å². The van der Waals surface area contributed by atoms with Gasteiger partial charge in [-0.15, -0.1) is 0 Å². The van der Waals surface area contributed by atoms with Crippen molar-refractivity contribution < 1.29 is 9.53 Å². The van der Waals surface area contributed by atoms with E-state index in [0.717, 1.165) is 3.57 Å². The van der Waals surface area contributed by atoms with Crippen LogP contribution >= 0.6 is 22.6 Å². The Morgan fingerprint density at radius 2 is 2.50 bits per heavy atom. The van der Waals surface area contributed by atoms with Gasteiger partial charge in [-0.25, -0.2) is 9.78 Å². The van der Waals surface area contributed by atoms with Crippen molar-refractivity contribution in [3.63, 3.8) is 0 Å². The monoisotopic (exact) mass is 307 g/mol. The summed E-state index contributed by atoms with van der Waals surface area (Å²) in [6.07, 6.45) is 1.09. The third-order valence-corrected chi connectivity index (χ3v) is 1.99. The predicted molar refractivity (Wildman–Crippen MR) is 62.0 cm³/mol. The number of carbonyl (C=O) groups is 1. The Hall–Kier alpha value is -1.05. The number of ether oxygens (including phenoxy) is 1. The molecule has 0 aliphatic rings. The van der Waals surface area contributed by atoms with Gasteiger partial charge in [0.1, 0.15) is 5.82 Å². The minimum Gasteiger partial charge on any atom is -0.450 e.